The van der Waals surface area contributed by atoms with E-state index in [1.54, 1.807) is 0 Å². The van der Waals surface area contributed by atoms with Gasteiger partial charge in [0.25, 0.3) is 0 Å². The van der Waals surface area contributed by atoms with Gasteiger partial charge in [-0.05, 0) is 30.9 Å². The van der Waals surface area contributed by atoms with E-state index in [1.807, 2.05) is 35.2 Å². The van der Waals surface area contributed by atoms with Gasteiger partial charge in [-0.15, -0.1) is 0 Å². The van der Waals surface area contributed by atoms with Crippen LogP contribution in [0.2, 0.25) is 0 Å². The molecule has 24 heavy (non-hydrogen) atoms. The van der Waals surface area contributed by atoms with Crippen LogP contribution in [0.25, 0.3) is 11.5 Å². The van der Waals surface area contributed by atoms with Crippen molar-refractivity contribution in [2.24, 2.45) is 5.92 Å². The second-order valence-electron chi connectivity index (χ2n) is 6.58. The molecular weight excluding hydrogens is 304 g/mol. The molecule has 5 heteroatoms. The number of ether oxygens (including phenoxy) is 1. The number of hydrogen-bond donors (Lipinski definition) is 0. The van der Waals surface area contributed by atoms with Crippen molar-refractivity contribution in [3.8, 4) is 11.5 Å². The van der Waals surface area contributed by atoms with Crippen LogP contribution in [0.1, 0.15) is 30.7 Å². The summed E-state index contributed by atoms with van der Waals surface area (Å²) in [6.07, 6.45) is 3.36. The summed E-state index contributed by atoms with van der Waals surface area (Å²) >= 11 is 0. The standard InChI is InChI=1S/C19H22N2O3/c22-18(12-14-7-10-23-11-8-14)21-9-6-17-16(13-21)20-19(24-17)15-4-2-1-3-5-15/h1-5,14H,6-13H2. The highest BCUT2D eigenvalue weighted by Crippen LogP contribution is 2.27. The molecule has 2 aromatic rings. The van der Waals surface area contributed by atoms with E-state index in [1.165, 1.54) is 0 Å². The van der Waals surface area contributed by atoms with Gasteiger partial charge in [-0.3, -0.25) is 4.79 Å². The van der Waals surface area contributed by atoms with Crippen molar-refractivity contribution in [3.63, 3.8) is 0 Å². The highest BCUT2D eigenvalue weighted by molar-refractivity contribution is 5.76. The van der Waals surface area contributed by atoms with Gasteiger partial charge in [0.2, 0.25) is 11.8 Å². The van der Waals surface area contributed by atoms with E-state index in [9.17, 15) is 4.79 Å². The SMILES string of the molecule is O=C(CC1CCOCC1)N1CCc2oc(-c3ccccc3)nc2C1. The summed E-state index contributed by atoms with van der Waals surface area (Å²) in [5.74, 6) is 2.27. The predicted octanol–water partition coefficient (Wildman–Crippen LogP) is 3.04. The number of oxazole rings is 1. The first-order valence-corrected chi connectivity index (χ1v) is 8.69. The fraction of sp³-hybridized carbons (Fsp3) is 0.474. The minimum absolute atomic E-state index is 0.233. The first-order chi connectivity index (χ1) is 11.8. The quantitative estimate of drug-likeness (QED) is 0.870. The lowest BCUT2D eigenvalue weighted by Gasteiger charge is -2.28. The first-order valence-electron chi connectivity index (χ1n) is 8.69. The Labute approximate surface area is 141 Å². The minimum Gasteiger partial charge on any atom is -0.441 e. The average Bonchev–Trinajstić information content (AvgIpc) is 3.06. The molecule has 1 aromatic heterocycles. The zero-order valence-electron chi connectivity index (χ0n) is 13.7. The second-order valence-corrected chi connectivity index (χ2v) is 6.58. The number of aromatic nitrogens is 1. The molecule has 1 amide bonds. The van der Waals surface area contributed by atoms with E-state index >= 15 is 0 Å². The van der Waals surface area contributed by atoms with E-state index in [2.05, 4.69) is 4.98 Å². The van der Waals surface area contributed by atoms with Crippen LogP contribution in [0.4, 0.5) is 0 Å². The topological polar surface area (TPSA) is 55.6 Å². The van der Waals surface area contributed by atoms with E-state index in [0.717, 1.165) is 56.0 Å². The molecule has 126 valence electrons. The summed E-state index contributed by atoms with van der Waals surface area (Å²) in [5, 5.41) is 0. The normalized spacial score (nSPS) is 18.4. The van der Waals surface area contributed by atoms with E-state index in [-0.39, 0.29) is 5.91 Å². The van der Waals surface area contributed by atoms with Gasteiger partial charge >= 0.3 is 0 Å². The molecule has 0 bridgehead atoms. The summed E-state index contributed by atoms with van der Waals surface area (Å²) in [4.78, 5) is 19.1. The molecule has 1 fully saturated rings. The van der Waals surface area contributed by atoms with Crippen molar-refractivity contribution in [1.29, 1.82) is 0 Å². The monoisotopic (exact) mass is 326 g/mol. The Morgan fingerprint density at radius 1 is 1.21 bits per heavy atom. The van der Waals surface area contributed by atoms with Gasteiger partial charge in [-0.25, -0.2) is 4.98 Å². The molecule has 0 saturated carbocycles. The maximum absolute atomic E-state index is 12.6. The zero-order valence-corrected chi connectivity index (χ0v) is 13.7. The Kier molecular flexibility index (Phi) is 4.34. The van der Waals surface area contributed by atoms with Gasteiger partial charge in [0.05, 0.1) is 6.54 Å². The Morgan fingerprint density at radius 2 is 2.00 bits per heavy atom. The van der Waals surface area contributed by atoms with Gasteiger partial charge in [-0.1, -0.05) is 18.2 Å². The lowest BCUT2D eigenvalue weighted by molar-refractivity contribution is -0.134. The van der Waals surface area contributed by atoms with Gasteiger partial charge < -0.3 is 14.1 Å². The minimum atomic E-state index is 0.233. The number of benzene rings is 1. The zero-order chi connectivity index (χ0) is 16.4. The van der Waals surface area contributed by atoms with Crippen molar-refractivity contribution in [1.82, 2.24) is 9.88 Å². The molecule has 0 aliphatic carbocycles. The molecule has 0 radical (unpaired) electrons. The Bertz CT molecular complexity index is 705. The molecule has 4 rings (SSSR count). The van der Waals surface area contributed by atoms with Crippen LogP contribution in [0, 0.1) is 5.92 Å². The van der Waals surface area contributed by atoms with Crippen LogP contribution in [0.15, 0.2) is 34.7 Å². The summed E-state index contributed by atoms with van der Waals surface area (Å²) in [7, 11) is 0. The van der Waals surface area contributed by atoms with Crippen LogP contribution in [0.5, 0.6) is 0 Å². The number of nitrogens with zero attached hydrogens (tertiary/aromatic N) is 2. The lowest BCUT2D eigenvalue weighted by atomic mass is 9.95. The van der Waals surface area contributed by atoms with Crippen molar-refractivity contribution in [2.45, 2.75) is 32.2 Å². The van der Waals surface area contributed by atoms with Crippen LogP contribution < -0.4 is 0 Å². The summed E-state index contributed by atoms with van der Waals surface area (Å²) < 4.78 is 11.3. The van der Waals surface area contributed by atoms with Crippen LogP contribution >= 0.6 is 0 Å². The van der Waals surface area contributed by atoms with Gasteiger partial charge in [0, 0.05) is 38.2 Å². The third-order valence-electron chi connectivity index (χ3n) is 4.91. The van der Waals surface area contributed by atoms with Crippen molar-refractivity contribution in [3.05, 3.63) is 41.8 Å². The first kappa shape index (κ1) is 15.4. The Balaban J connectivity index is 1.43. The van der Waals surface area contributed by atoms with Gasteiger partial charge in [0.1, 0.15) is 11.5 Å². The van der Waals surface area contributed by atoms with E-state index in [4.69, 9.17) is 9.15 Å². The predicted molar refractivity (Wildman–Crippen MR) is 89.2 cm³/mol. The lowest BCUT2D eigenvalue weighted by Crippen LogP contribution is -2.37. The smallest absolute Gasteiger partial charge is 0.226 e. The van der Waals surface area contributed by atoms with Crippen LogP contribution in [-0.4, -0.2) is 35.5 Å². The Hall–Kier alpha value is -2.14. The van der Waals surface area contributed by atoms with E-state index in [0.29, 0.717) is 24.8 Å². The summed E-state index contributed by atoms with van der Waals surface area (Å²) in [6, 6.07) is 9.91. The highest BCUT2D eigenvalue weighted by Gasteiger charge is 2.27. The molecule has 2 aliphatic heterocycles. The number of carbonyl (C=O) groups excluding carboxylic acids is 1. The van der Waals surface area contributed by atoms with Gasteiger partial charge in [0.15, 0.2) is 0 Å². The van der Waals surface area contributed by atoms with E-state index < -0.39 is 0 Å². The molecular formula is C19H22N2O3. The molecule has 0 spiro atoms. The average molecular weight is 326 g/mol. The molecule has 1 aromatic carbocycles. The number of hydrogen-bond acceptors (Lipinski definition) is 4. The molecule has 3 heterocycles. The second kappa shape index (κ2) is 6.77. The molecule has 2 aliphatic rings. The number of carbonyl (C=O) groups is 1. The number of fused-ring (bicyclic) bond motifs is 1. The molecule has 5 nitrogen and oxygen atoms in total. The molecule has 1 saturated heterocycles. The van der Waals surface area contributed by atoms with Crippen molar-refractivity contribution < 1.29 is 13.9 Å². The maximum atomic E-state index is 12.6. The van der Waals surface area contributed by atoms with Crippen LogP contribution in [0.3, 0.4) is 0 Å². The third kappa shape index (κ3) is 3.22. The number of amides is 1. The maximum Gasteiger partial charge on any atom is 0.226 e. The Morgan fingerprint density at radius 3 is 2.79 bits per heavy atom. The number of rotatable bonds is 3. The van der Waals surface area contributed by atoms with Crippen molar-refractivity contribution in [2.75, 3.05) is 19.8 Å². The molecule has 0 N–H and O–H groups in total. The molecule has 0 atom stereocenters. The highest BCUT2D eigenvalue weighted by atomic mass is 16.5. The summed E-state index contributed by atoms with van der Waals surface area (Å²) in [6.45, 7) is 2.85. The van der Waals surface area contributed by atoms with Gasteiger partial charge in [-0.2, -0.15) is 0 Å². The molecule has 0 unspecified atom stereocenters. The fourth-order valence-corrected chi connectivity index (χ4v) is 3.44. The largest absolute Gasteiger partial charge is 0.441 e. The van der Waals surface area contributed by atoms with Crippen LogP contribution in [-0.2, 0) is 22.5 Å². The van der Waals surface area contributed by atoms with Crippen molar-refractivity contribution >= 4 is 5.91 Å². The summed E-state index contributed by atoms with van der Waals surface area (Å²) in [5.41, 5.74) is 1.88. The fourth-order valence-electron chi connectivity index (χ4n) is 3.44. The third-order valence-corrected chi connectivity index (χ3v) is 4.91.